The number of para-hydroxylation sites is 1. The molecule has 0 spiro atoms. The number of nitrogens with two attached hydrogens (primary N) is 1. The van der Waals surface area contributed by atoms with E-state index in [2.05, 4.69) is 20.9 Å². The molecule has 2 aromatic rings. The van der Waals surface area contributed by atoms with E-state index in [1.165, 1.54) is 12.1 Å². The predicted molar refractivity (Wildman–Crippen MR) is 82.2 cm³/mol. The van der Waals surface area contributed by atoms with Gasteiger partial charge in [0.25, 0.3) is 0 Å². The summed E-state index contributed by atoms with van der Waals surface area (Å²) in [5, 5.41) is 0. The zero-order valence-corrected chi connectivity index (χ0v) is 12.5. The summed E-state index contributed by atoms with van der Waals surface area (Å²) in [4.78, 5) is 5.98. The van der Waals surface area contributed by atoms with E-state index in [0.29, 0.717) is 18.1 Å². The van der Waals surface area contributed by atoms with Crippen molar-refractivity contribution in [3.05, 3.63) is 64.1 Å². The molecule has 1 unspecified atom stereocenters. The first-order valence-corrected chi connectivity index (χ1v) is 7.15. The highest BCUT2D eigenvalue weighted by molar-refractivity contribution is 9.10. The summed E-state index contributed by atoms with van der Waals surface area (Å²) in [6.45, 7) is 0.357. The highest BCUT2D eigenvalue weighted by Crippen LogP contribution is 2.35. The van der Waals surface area contributed by atoms with Crippen LogP contribution in [0.15, 0.2) is 51.9 Å². The van der Waals surface area contributed by atoms with Crippen LogP contribution in [-0.4, -0.2) is 12.5 Å². The van der Waals surface area contributed by atoms with E-state index >= 15 is 0 Å². The van der Waals surface area contributed by atoms with Gasteiger partial charge in [0.1, 0.15) is 11.6 Å². The highest BCUT2D eigenvalue weighted by atomic mass is 79.9. The predicted octanol–water partition coefficient (Wildman–Crippen LogP) is 3.60. The van der Waals surface area contributed by atoms with Gasteiger partial charge in [0.05, 0.1) is 18.3 Å². The standard InChI is InChI=1S/C15H12BrF2N3/c16-12-3-1-2-4-13(12)21-14(8-20-15(21)19)9-5-10(17)7-11(18)6-9/h1-7,14H,8H2,(H2,19,20). The van der Waals surface area contributed by atoms with Crippen molar-refractivity contribution in [2.45, 2.75) is 6.04 Å². The quantitative estimate of drug-likeness (QED) is 0.897. The molecule has 0 saturated heterocycles. The fourth-order valence-corrected chi connectivity index (χ4v) is 2.93. The Hall–Kier alpha value is -1.95. The van der Waals surface area contributed by atoms with E-state index < -0.39 is 11.6 Å². The molecule has 0 amide bonds. The van der Waals surface area contributed by atoms with Crippen LogP contribution in [0.1, 0.15) is 11.6 Å². The maximum Gasteiger partial charge on any atom is 0.196 e. The van der Waals surface area contributed by atoms with Crippen LogP contribution in [0.25, 0.3) is 0 Å². The summed E-state index contributed by atoms with van der Waals surface area (Å²) < 4.78 is 27.7. The van der Waals surface area contributed by atoms with Crippen molar-refractivity contribution in [1.82, 2.24) is 0 Å². The Morgan fingerprint density at radius 3 is 2.48 bits per heavy atom. The Balaban J connectivity index is 2.05. The van der Waals surface area contributed by atoms with E-state index in [9.17, 15) is 8.78 Å². The number of anilines is 1. The molecule has 0 radical (unpaired) electrons. The van der Waals surface area contributed by atoms with E-state index in [4.69, 9.17) is 5.73 Å². The summed E-state index contributed by atoms with van der Waals surface area (Å²) >= 11 is 3.46. The third-order valence-corrected chi connectivity index (χ3v) is 4.04. The second kappa shape index (κ2) is 5.44. The number of guanidine groups is 1. The van der Waals surface area contributed by atoms with Crippen LogP contribution >= 0.6 is 15.9 Å². The zero-order valence-electron chi connectivity index (χ0n) is 10.9. The molecule has 0 fully saturated rings. The Morgan fingerprint density at radius 2 is 1.81 bits per heavy atom. The van der Waals surface area contributed by atoms with Crippen molar-refractivity contribution in [1.29, 1.82) is 0 Å². The first-order chi connectivity index (χ1) is 10.1. The van der Waals surface area contributed by atoms with Crippen LogP contribution < -0.4 is 10.6 Å². The molecular weight excluding hydrogens is 340 g/mol. The SMILES string of the molecule is NC1=NCC(c2cc(F)cc(F)c2)N1c1ccccc1Br. The molecule has 21 heavy (non-hydrogen) atoms. The van der Waals surface area contributed by atoms with Crippen LogP contribution in [0.3, 0.4) is 0 Å². The topological polar surface area (TPSA) is 41.6 Å². The molecule has 1 aliphatic rings. The first-order valence-electron chi connectivity index (χ1n) is 6.36. The van der Waals surface area contributed by atoms with Crippen LogP contribution in [0.2, 0.25) is 0 Å². The second-order valence-corrected chi connectivity index (χ2v) is 5.59. The number of aliphatic imine (C=N–C) groups is 1. The minimum atomic E-state index is -0.609. The molecule has 2 aromatic carbocycles. The fraction of sp³-hybridized carbons (Fsp3) is 0.133. The van der Waals surface area contributed by atoms with Gasteiger partial charge in [-0.1, -0.05) is 12.1 Å². The number of rotatable bonds is 2. The molecule has 6 heteroatoms. The van der Waals surface area contributed by atoms with Gasteiger partial charge in [0, 0.05) is 10.5 Å². The third-order valence-electron chi connectivity index (χ3n) is 3.37. The number of benzene rings is 2. The summed E-state index contributed by atoms with van der Waals surface area (Å²) in [6.07, 6.45) is 0. The molecular formula is C15H12BrF2N3. The minimum absolute atomic E-state index is 0.325. The fourth-order valence-electron chi connectivity index (χ4n) is 2.46. The smallest absolute Gasteiger partial charge is 0.196 e. The summed E-state index contributed by atoms with van der Waals surface area (Å²) in [5.41, 5.74) is 7.27. The average molecular weight is 352 g/mol. The van der Waals surface area contributed by atoms with E-state index in [1.807, 2.05) is 24.3 Å². The van der Waals surface area contributed by atoms with E-state index in [-0.39, 0.29) is 6.04 Å². The lowest BCUT2D eigenvalue weighted by Crippen LogP contribution is -2.36. The van der Waals surface area contributed by atoms with Crippen LogP contribution in [-0.2, 0) is 0 Å². The molecule has 1 atom stereocenters. The molecule has 108 valence electrons. The van der Waals surface area contributed by atoms with Crippen molar-refractivity contribution >= 4 is 27.6 Å². The van der Waals surface area contributed by atoms with E-state index in [0.717, 1.165) is 16.2 Å². The van der Waals surface area contributed by atoms with Crippen LogP contribution in [0.4, 0.5) is 14.5 Å². The highest BCUT2D eigenvalue weighted by Gasteiger charge is 2.30. The number of halogens is 3. The van der Waals surface area contributed by atoms with Gasteiger partial charge in [-0.05, 0) is 45.8 Å². The lowest BCUT2D eigenvalue weighted by Gasteiger charge is -2.27. The molecule has 1 aliphatic heterocycles. The Morgan fingerprint density at radius 1 is 1.14 bits per heavy atom. The van der Waals surface area contributed by atoms with Crippen LogP contribution in [0.5, 0.6) is 0 Å². The molecule has 3 nitrogen and oxygen atoms in total. The van der Waals surface area contributed by atoms with Gasteiger partial charge in [-0.25, -0.2) is 8.78 Å². The summed E-state index contributed by atoms with van der Waals surface area (Å²) in [6, 6.07) is 10.7. The molecule has 2 N–H and O–H groups in total. The summed E-state index contributed by atoms with van der Waals surface area (Å²) in [7, 11) is 0. The van der Waals surface area contributed by atoms with Gasteiger partial charge in [-0.2, -0.15) is 0 Å². The Bertz CT molecular complexity index is 698. The van der Waals surface area contributed by atoms with Crippen molar-refractivity contribution in [2.24, 2.45) is 10.7 Å². The maximum atomic E-state index is 13.5. The Kier molecular flexibility index (Phi) is 3.63. The zero-order chi connectivity index (χ0) is 15.0. The van der Waals surface area contributed by atoms with Crippen molar-refractivity contribution in [3.63, 3.8) is 0 Å². The monoisotopic (exact) mass is 351 g/mol. The minimum Gasteiger partial charge on any atom is -0.369 e. The van der Waals surface area contributed by atoms with E-state index in [1.54, 1.807) is 4.90 Å². The average Bonchev–Trinajstić information content (AvgIpc) is 2.80. The largest absolute Gasteiger partial charge is 0.369 e. The summed E-state index contributed by atoms with van der Waals surface area (Å²) in [5.74, 6) is -0.887. The molecule has 0 aromatic heterocycles. The lowest BCUT2D eigenvalue weighted by molar-refractivity contribution is 0.575. The molecule has 0 aliphatic carbocycles. The number of hydrogen-bond donors (Lipinski definition) is 1. The molecule has 3 rings (SSSR count). The van der Waals surface area contributed by atoms with Gasteiger partial charge < -0.3 is 10.6 Å². The first kappa shape index (κ1) is 14.0. The van der Waals surface area contributed by atoms with Crippen molar-refractivity contribution in [2.75, 3.05) is 11.4 Å². The molecule has 1 heterocycles. The second-order valence-electron chi connectivity index (χ2n) is 4.74. The van der Waals surface area contributed by atoms with Gasteiger partial charge >= 0.3 is 0 Å². The van der Waals surface area contributed by atoms with Gasteiger partial charge in [0.15, 0.2) is 5.96 Å². The van der Waals surface area contributed by atoms with Gasteiger partial charge in [-0.15, -0.1) is 0 Å². The molecule has 0 bridgehead atoms. The van der Waals surface area contributed by atoms with Gasteiger partial charge in [-0.3, -0.25) is 4.99 Å². The third kappa shape index (κ3) is 2.63. The van der Waals surface area contributed by atoms with Crippen molar-refractivity contribution < 1.29 is 8.78 Å². The normalized spacial score (nSPS) is 18.0. The molecule has 0 saturated carbocycles. The van der Waals surface area contributed by atoms with Crippen LogP contribution in [0, 0.1) is 11.6 Å². The maximum absolute atomic E-state index is 13.5. The number of hydrogen-bond acceptors (Lipinski definition) is 3. The Labute approximate surface area is 129 Å². The number of nitrogens with zero attached hydrogens (tertiary/aromatic N) is 2. The van der Waals surface area contributed by atoms with Gasteiger partial charge in [0.2, 0.25) is 0 Å². The van der Waals surface area contributed by atoms with Crippen molar-refractivity contribution in [3.8, 4) is 0 Å². The lowest BCUT2D eigenvalue weighted by atomic mass is 10.1.